The maximum Gasteiger partial charge on any atom is 0.233 e. The van der Waals surface area contributed by atoms with Crippen LogP contribution >= 0.6 is 11.8 Å². The fourth-order valence-corrected chi connectivity index (χ4v) is 4.51. The normalized spacial score (nSPS) is 13.6. The molecule has 0 spiro atoms. The van der Waals surface area contributed by atoms with E-state index < -0.39 is 0 Å². The number of rotatable bonds is 5. The summed E-state index contributed by atoms with van der Waals surface area (Å²) in [6.45, 7) is 5.54. The number of para-hydroxylation sites is 1. The number of amides is 1. The molecule has 0 saturated carbocycles. The fourth-order valence-electron chi connectivity index (χ4n) is 3.48. The van der Waals surface area contributed by atoms with E-state index in [1.165, 1.54) is 10.9 Å². The minimum atomic E-state index is 0.149. The maximum atomic E-state index is 12.7. The average Bonchev–Trinajstić information content (AvgIpc) is 3.20. The lowest BCUT2D eigenvalue weighted by atomic mass is 10.1. The quantitative estimate of drug-likeness (QED) is 0.632. The third-order valence-electron chi connectivity index (χ3n) is 4.86. The van der Waals surface area contributed by atoms with E-state index in [1.807, 2.05) is 30.3 Å². The molecule has 0 unspecified atom stereocenters. The zero-order chi connectivity index (χ0) is 19.0. The van der Waals surface area contributed by atoms with Crippen LogP contribution in [-0.4, -0.2) is 31.1 Å². The van der Waals surface area contributed by atoms with Crippen molar-refractivity contribution in [3.63, 3.8) is 0 Å². The molecular formula is C21H24N4OS. The Bertz CT molecular complexity index is 995. The topological polar surface area (TPSA) is 51.0 Å². The largest absolute Gasteiger partial charge is 0.349 e. The second-order valence-electron chi connectivity index (χ2n) is 7.52. The lowest BCUT2D eigenvalue weighted by Crippen LogP contribution is -2.27. The molecule has 0 radical (unpaired) electrons. The maximum absolute atomic E-state index is 12.7. The number of carbonyl (C=O) groups is 1. The number of benzene rings is 1. The van der Waals surface area contributed by atoms with Gasteiger partial charge >= 0.3 is 0 Å². The van der Waals surface area contributed by atoms with Crippen molar-refractivity contribution in [1.29, 1.82) is 0 Å². The average molecular weight is 381 g/mol. The fraction of sp³-hybridized carbons (Fsp3) is 0.381. The molecule has 27 heavy (non-hydrogen) atoms. The predicted octanol–water partition coefficient (Wildman–Crippen LogP) is 3.80. The van der Waals surface area contributed by atoms with Gasteiger partial charge in [0.05, 0.1) is 18.0 Å². The molecule has 0 saturated heterocycles. The van der Waals surface area contributed by atoms with Gasteiger partial charge in [0.2, 0.25) is 5.91 Å². The van der Waals surface area contributed by atoms with Gasteiger partial charge in [-0.15, -0.1) is 11.8 Å². The van der Waals surface area contributed by atoms with Gasteiger partial charge in [-0.1, -0.05) is 32.0 Å². The minimum absolute atomic E-state index is 0.149. The summed E-state index contributed by atoms with van der Waals surface area (Å²) in [5, 5.41) is 1.20. The number of aromatic nitrogens is 3. The van der Waals surface area contributed by atoms with E-state index in [-0.39, 0.29) is 5.91 Å². The van der Waals surface area contributed by atoms with Crippen LogP contribution in [0, 0.1) is 5.92 Å². The van der Waals surface area contributed by atoms with Crippen molar-refractivity contribution in [2.75, 3.05) is 5.75 Å². The lowest BCUT2D eigenvalue weighted by Gasteiger charge is -2.14. The minimum Gasteiger partial charge on any atom is -0.349 e. The standard InChI is InChI=1S/C21H24N4OS/c1-14(2)8-20-22-9-15-10-25(11-17(15)23-20)21(26)13-27-19-12-24(3)18-7-5-4-6-16(18)19/h4-7,9,12,14H,8,10-11,13H2,1-3H3. The van der Waals surface area contributed by atoms with Gasteiger partial charge in [0.15, 0.2) is 0 Å². The summed E-state index contributed by atoms with van der Waals surface area (Å²) in [5.41, 5.74) is 3.27. The number of aryl methyl sites for hydroxylation is 1. The Morgan fingerprint density at radius 1 is 1.26 bits per heavy atom. The van der Waals surface area contributed by atoms with Gasteiger partial charge in [0.1, 0.15) is 5.82 Å². The zero-order valence-electron chi connectivity index (χ0n) is 16.0. The smallest absolute Gasteiger partial charge is 0.233 e. The molecule has 0 bridgehead atoms. The van der Waals surface area contributed by atoms with Crippen molar-refractivity contribution in [2.24, 2.45) is 13.0 Å². The number of hydrogen-bond donors (Lipinski definition) is 0. The summed E-state index contributed by atoms with van der Waals surface area (Å²) >= 11 is 1.61. The monoisotopic (exact) mass is 380 g/mol. The van der Waals surface area contributed by atoms with E-state index in [4.69, 9.17) is 0 Å². The Morgan fingerprint density at radius 3 is 2.89 bits per heavy atom. The molecule has 0 N–H and O–H groups in total. The SMILES string of the molecule is CC(C)Cc1ncc2c(n1)CN(C(=O)CSc1cn(C)c3ccccc13)C2. The van der Waals surface area contributed by atoms with Gasteiger partial charge in [-0.05, 0) is 12.0 Å². The molecule has 6 heteroatoms. The van der Waals surface area contributed by atoms with Crippen LogP contribution in [0.4, 0.5) is 0 Å². The van der Waals surface area contributed by atoms with E-state index in [2.05, 4.69) is 46.7 Å². The highest BCUT2D eigenvalue weighted by Crippen LogP contribution is 2.30. The number of nitrogens with zero attached hydrogens (tertiary/aromatic N) is 4. The molecule has 1 aliphatic heterocycles. The summed E-state index contributed by atoms with van der Waals surface area (Å²) in [5.74, 6) is 1.99. The van der Waals surface area contributed by atoms with Crippen molar-refractivity contribution in [3.05, 3.63) is 53.7 Å². The predicted molar refractivity (Wildman–Crippen MR) is 108 cm³/mol. The van der Waals surface area contributed by atoms with Gasteiger partial charge in [0, 0.05) is 53.8 Å². The Balaban J connectivity index is 1.42. The van der Waals surface area contributed by atoms with E-state index >= 15 is 0 Å². The summed E-state index contributed by atoms with van der Waals surface area (Å²) in [4.78, 5) is 24.9. The third kappa shape index (κ3) is 3.72. The first-order valence-corrected chi connectivity index (χ1v) is 10.3. The van der Waals surface area contributed by atoms with E-state index in [1.54, 1.807) is 11.8 Å². The molecular weight excluding hydrogens is 356 g/mol. The molecule has 5 nitrogen and oxygen atoms in total. The molecule has 1 amide bonds. The number of thioether (sulfide) groups is 1. The van der Waals surface area contributed by atoms with Crippen LogP contribution in [-0.2, 0) is 31.4 Å². The zero-order valence-corrected chi connectivity index (χ0v) is 16.8. The first-order chi connectivity index (χ1) is 13.0. The van der Waals surface area contributed by atoms with Crippen LogP contribution in [0.1, 0.15) is 30.9 Å². The van der Waals surface area contributed by atoms with Crippen LogP contribution in [0.3, 0.4) is 0 Å². The van der Waals surface area contributed by atoms with Crippen molar-refractivity contribution in [3.8, 4) is 0 Å². The van der Waals surface area contributed by atoms with Crippen molar-refractivity contribution < 1.29 is 4.79 Å². The van der Waals surface area contributed by atoms with Crippen molar-refractivity contribution in [1.82, 2.24) is 19.4 Å². The van der Waals surface area contributed by atoms with Crippen LogP contribution < -0.4 is 0 Å². The Morgan fingerprint density at radius 2 is 2.07 bits per heavy atom. The third-order valence-corrected chi connectivity index (χ3v) is 5.89. The summed E-state index contributed by atoms with van der Waals surface area (Å²) in [6, 6.07) is 8.29. The first-order valence-electron chi connectivity index (χ1n) is 9.29. The van der Waals surface area contributed by atoms with Gasteiger partial charge in [-0.2, -0.15) is 0 Å². The van der Waals surface area contributed by atoms with Crippen LogP contribution in [0.2, 0.25) is 0 Å². The Hall–Kier alpha value is -2.34. The molecule has 2 aromatic heterocycles. The highest BCUT2D eigenvalue weighted by atomic mass is 32.2. The summed E-state index contributed by atoms with van der Waals surface area (Å²) in [6.07, 6.45) is 4.87. The first kappa shape index (κ1) is 18.0. The molecule has 140 valence electrons. The molecule has 1 aromatic carbocycles. The lowest BCUT2D eigenvalue weighted by molar-refractivity contribution is -0.128. The highest BCUT2D eigenvalue weighted by Gasteiger charge is 2.25. The molecule has 4 rings (SSSR count). The summed E-state index contributed by atoms with van der Waals surface area (Å²) in [7, 11) is 2.04. The van der Waals surface area contributed by atoms with Crippen LogP contribution in [0.5, 0.6) is 0 Å². The second-order valence-corrected chi connectivity index (χ2v) is 8.53. The number of hydrogen-bond acceptors (Lipinski definition) is 4. The van der Waals surface area contributed by atoms with Crippen molar-refractivity contribution in [2.45, 2.75) is 38.3 Å². The van der Waals surface area contributed by atoms with E-state index in [0.29, 0.717) is 24.8 Å². The molecule has 0 aliphatic carbocycles. The van der Waals surface area contributed by atoms with Gasteiger partial charge in [-0.25, -0.2) is 9.97 Å². The van der Waals surface area contributed by atoms with Gasteiger partial charge in [0.25, 0.3) is 0 Å². The second kappa shape index (κ2) is 7.35. The van der Waals surface area contributed by atoms with Crippen molar-refractivity contribution >= 4 is 28.6 Å². The Labute approximate surface area is 163 Å². The highest BCUT2D eigenvalue weighted by molar-refractivity contribution is 8.00. The van der Waals surface area contributed by atoms with Crippen LogP contribution in [0.15, 0.2) is 41.6 Å². The van der Waals surface area contributed by atoms with E-state index in [0.717, 1.165) is 28.4 Å². The molecule has 1 aliphatic rings. The number of carbonyl (C=O) groups excluding carboxylic acids is 1. The molecule has 3 aromatic rings. The molecule has 0 atom stereocenters. The molecule has 0 fully saturated rings. The number of fused-ring (bicyclic) bond motifs is 2. The molecule has 3 heterocycles. The van der Waals surface area contributed by atoms with E-state index in [9.17, 15) is 4.79 Å². The summed E-state index contributed by atoms with van der Waals surface area (Å²) < 4.78 is 2.11. The van der Waals surface area contributed by atoms with Crippen LogP contribution in [0.25, 0.3) is 10.9 Å². The van der Waals surface area contributed by atoms with Gasteiger partial charge in [-0.3, -0.25) is 4.79 Å². The Kier molecular flexibility index (Phi) is 4.91. The van der Waals surface area contributed by atoms with Gasteiger partial charge < -0.3 is 9.47 Å².